The molecule has 0 radical (unpaired) electrons. The molecule has 0 amide bonds. The van der Waals surface area contributed by atoms with Gasteiger partial charge in [0.15, 0.2) is 0 Å². The zero-order chi connectivity index (χ0) is 21.6. The van der Waals surface area contributed by atoms with Gasteiger partial charge in [-0.05, 0) is 50.7 Å². The molecule has 0 spiro atoms. The Morgan fingerprint density at radius 2 is 2.10 bits per heavy atom. The highest BCUT2D eigenvalue weighted by molar-refractivity contribution is 7.94. The molecule has 1 aromatic heterocycles. The van der Waals surface area contributed by atoms with Crippen molar-refractivity contribution in [3.63, 3.8) is 0 Å². The van der Waals surface area contributed by atoms with Gasteiger partial charge in [0.25, 0.3) is 0 Å². The minimum absolute atomic E-state index is 0.0817. The molecular weight excluding hydrogens is 408 g/mol. The highest BCUT2D eigenvalue weighted by Crippen LogP contribution is 2.27. The number of rotatable bonds is 14. The molecule has 0 saturated carbocycles. The SMILES string of the molecule is C/C=C\C(=C(\Cl)CCSOC)[C@@H](COCCC)N(CC)c1cc(CC)nc(N)n1. The predicted molar refractivity (Wildman–Crippen MR) is 126 cm³/mol. The fourth-order valence-electron chi connectivity index (χ4n) is 2.98. The van der Waals surface area contributed by atoms with Crippen LogP contribution in [-0.2, 0) is 15.3 Å². The van der Waals surface area contributed by atoms with E-state index in [1.165, 1.54) is 12.0 Å². The number of likely N-dealkylation sites (N-methyl/N-ethyl adjacent to an activating group) is 1. The summed E-state index contributed by atoms with van der Waals surface area (Å²) >= 11 is 8.16. The van der Waals surface area contributed by atoms with E-state index in [9.17, 15) is 0 Å². The van der Waals surface area contributed by atoms with Crippen LogP contribution in [0.2, 0.25) is 0 Å². The first kappa shape index (κ1) is 25.8. The molecule has 0 aromatic carbocycles. The summed E-state index contributed by atoms with van der Waals surface area (Å²) in [6.07, 6.45) is 6.54. The van der Waals surface area contributed by atoms with Crippen LogP contribution in [0.5, 0.6) is 0 Å². The number of hydrogen-bond acceptors (Lipinski definition) is 7. The number of allylic oxidation sites excluding steroid dienone is 2. The Balaban J connectivity index is 3.37. The maximum Gasteiger partial charge on any atom is 0.222 e. The van der Waals surface area contributed by atoms with Gasteiger partial charge in [0.1, 0.15) is 5.82 Å². The number of nitrogen functional groups attached to an aromatic ring is 1. The van der Waals surface area contributed by atoms with Crippen molar-refractivity contribution in [1.82, 2.24) is 9.97 Å². The summed E-state index contributed by atoms with van der Waals surface area (Å²) in [6.45, 7) is 10.2. The Bertz CT molecular complexity index is 670. The molecule has 164 valence electrons. The Hall–Kier alpha value is -1.28. The number of ether oxygens (including phenoxy) is 1. The third-order valence-electron chi connectivity index (χ3n) is 4.32. The predicted octanol–water partition coefficient (Wildman–Crippen LogP) is 5.00. The van der Waals surface area contributed by atoms with E-state index in [4.69, 9.17) is 26.3 Å². The van der Waals surface area contributed by atoms with Crippen molar-refractivity contribution in [2.75, 3.05) is 43.3 Å². The number of nitrogens with two attached hydrogens (primary N) is 1. The van der Waals surface area contributed by atoms with Crippen LogP contribution in [0, 0.1) is 0 Å². The number of halogens is 1. The van der Waals surface area contributed by atoms with Gasteiger partial charge in [-0.15, -0.1) is 0 Å². The van der Waals surface area contributed by atoms with Crippen LogP contribution >= 0.6 is 23.6 Å². The van der Waals surface area contributed by atoms with Crippen molar-refractivity contribution < 1.29 is 8.92 Å². The van der Waals surface area contributed by atoms with Gasteiger partial charge in [-0.25, -0.2) is 4.98 Å². The Kier molecular flexibility index (Phi) is 13.0. The molecule has 0 aliphatic heterocycles. The first-order chi connectivity index (χ1) is 14.0. The van der Waals surface area contributed by atoms with Crippen LogP contribution in [-0.4, -0.2) is 48.6 Å². The first-order valence-electron chi connectivity index (χ1n) is 10.2. The Morgan fingerprint density at radius 1 is 1.34 bits per heavy atom. The van der Waals surface area contributed by atoms with Crippen LogP contribution in [0.15, 0.2) is 28.8 Å². The second-order valence-corrected chi connectivity index (χ2v) is 7.84. The summed E-state index contributed by atoms with van der Waals surface area (Å²) < 4.78 is 11.1. The highest BCUT2D eigenvalue weighted by Gasteiger charge is 2.25. The van der Waals surface area contributed by atoms with Crippen molar-refractivity contribution >= 4 is 35.4 Å². The van der Waals surface area contributed by atoms with Crippen LogP contribution in [0.1, 0.15) is 46.2 Å². The smallest absolute Gasteiger partial charge is 0.222 e. The molecule has 0 saturated heterocycles. The summed E-state index contributed by atoms with van der Waals surface area (Å²) in [5.74, 6) is 1.86. The molecule has 1 atom stereocenters. The average Bonchev–Trinajstić information content (AvgIpc) is 2.71. The number of nitrogens with zero attached hydrogens (tertiary/aromatic N) is 3. The van der Waals surface area contributed by atoms with Crippen molar-refractivity contribution in [2.24, 2.45) is 0 Å². The molecule has 0 unspecified atom stereocenters. The third kappa shape index (κ3) is 8.54. The molecule has 8 heteroatoms. The minimum Gasteiger partial charge on any atom is -0.379 e. The van der Waals surface area contributed by atoms with E-state index < -0.39 is 0 Å². The molecule has 2 N–H and O–H groups in total. The van der Waals surface area contributed by atoms with E-state index in [1.807, 2.05) is 19.1 Å². The maximum absolute atomic E-state index is 6.77. The second-order valence-electron chi connectivity index (χ2n) is 6.40. The van der Waals surface area contributed by atoms with Gasteiger partial charge in [-0.3, -0.25) is 0 Å². The highest BCUT2D eigenvalue weighted by atomic mass is 35.5. The lowest BCUT2D eigenvalue weighted by molar-refractivity contribution is 0.126. The summed E-state index contributed by atoms with van der Waals surface area (Å²) in [4.78, 5) is 11.0. The molecular formula is C21H35ClN4O2S. The van der Waals surface area contributed by atoms with Gasteiger partial charge >= 0.3 is 0 Å². The summed E-state index contributed by atoms with van der Waals surface area (Å²) in [5, 5.41) is 0.800. The lowest BCUT2D eigenvalue weighted by Gasteiger charge is -2.33. The van der Waals surface area contributed by atoms with E-state index >= 15 is 0 Å². The fraction of sp³-hybridized carbons (Fsp3) is 0.619. The monoisotopic (exact) mass is 442 g/mol. The zero-order valence-electron chi connectivity index (χ0n) is 18.3. The Labute approximate surface area is 185 Å². The summed E-state index contributed by atoms with van der Waals surface area (Å²) in [5.41, 5.74) is 7.92. The molecule has 29 heavy (non-hydrogen) atoms. The van der Waals surface area contributed by atoms with Gasteiger partial charge in [0.05, 0.1) is 19.8 Å². The van der Waals surface area contributed by atoms with Gasteiger partial charge in [0.2, 0.25) is 5.95 Å². The van der Waals surface area contributed by atoms with E-state index in [0.717, 1.165) is 47.3 Å². The van der Waals surface area contributed by atoms with Crippen molar-refractivity contribution in [3.05, 3.63) is 34.5 Å². The van der Waals surface area contributed by atoms with E-state index in [2.05, 4.69) is 41.7 Å². The minimum atomic E-state index is -0.0817. The molecule has 1 rings (SSSR count). The average molecular weight is 443 g/mol. The maximum atomic E-state index is 6.77. The molecule has 0 bridgehead atoms. The number of aryl methyl sites for hydroxylation is 1. The summed E-state index contributed by atoms with van der Waals surface area (Å²) in [6, 6.07) is 1.91. The number of anilines is 2. The number of aromatic nitrogens is 2. The van der Waals surface area contributed by atoms with Crippen molar-refractivity contribution in [1.29, 1.82) is 0 Å². The van der Waals surface area contributed by atoms with Crippen LogP contribution < -0.4 is 10.6 Å². The van der Waals surface area contributed by atoms with Crippen LogP contribution in [0.25, 0.3) is 0 Å². The molecule has 6 nitrogen and oxygen atoms in total. The quantitative estimate of drug-likeness (QED) is 0.247. The lowest BCUT2D eigenvalue weighted by Crippen LogP contribution is -2.41. The first-order valence-corrected chi connectivity index (χ1v) is 11.5. The topological polar surface area (TPSA) is 73.5 Å². The fourth-order valence-corrected chi connectivity index (χ4v) is 3.83. The second kappa shape index (κ2) is 14.7. The van der Waals surface area contributed by atoms with E-state index in [1.54, 1.807) is 7.11 Å². The van der Waals surface area contributed by atoms with Crippen LogP contribution in [0.3, 0.4) is 0 Å². The van der Waals surface area contributed by atoms with Gasteiger partial charge in [0, 0.05) is 35.7 Å². The Morgan fingerprint density at radius 3 is 2.69 bits per heavy atom. The van der Waals surface area contributed by atoms with Crippen LogP contribution in [0.4, 0.5) is 11.8 Å². The summed E-state index contributed by atoms with van der Waals surface area (Å²) in [7, 11) is 1.67. The molecule has 0 aliphatic carbocycles. The van der Waals surface area contributed by atoms with E-state index in [0.29, 0.717) is 19.6 Å². The molecule has 0 aliphatic rings. The largest absolute Gasteiger partial charge is 0.379 e. The third-order valence-corrected chi connectivity index (χ3v) is 5.34. The molecule has 1 heterocycles. The normalized spacial score (nSPS) is 13.6. The van der Waals surface area contributed by atoms with Gasteiger partial charge in [-0.1, -0.05) is 37.6 Å². The van der Waals surface area contributed by atoms with Gasteiger partial charge in [-0.2, -0.15) is 4.98 Å². The van der Waals surface area contributed by atoms with Crippen molar-refractivity contribution in [3.8, 4) is 0 Å². The van der Waals surface area contributed by atoms with Crippen molar-refractivity contribution in [2.45, 2.75) is 53.0 Å². The lowest BCUT2D eigenvalue weighted by atomic mass is 10.0. The zero-order valence-corrected chi connectivity index (χ0v) is 19.9. The standard InChI is InChI=1S/C21H35ClN4O2S/c1-6-10-17(18(22)11-13-29-27-5)19(15-28-12-7-2)26(9-4)20-14-16(8-3)24-21(23)25-20/h6,10,14,19H,7-9,11-13,15H2,1-5H3,(H2,23,24,25)/b10-6-,18-17-/t19-/m1/s1. The molecule has 1 aromatic rings. The van der Waals surface area contributed by atoms with E-state index in [-0.39, 0.29) is 12.0 Å². The number of hydrogen-bond donors (Lipinski definition) is 1. The van der Waals surface area contributed by atoms with Gasteiger partial charge < -0.3 is 19.6 Å². The molecule has 0 fully saturated rings.